The zero-order valence-electron chi connectivity index (χ0n) is 12.2. The summed E-state index contributed by atoms with van der Waals surface area (Å²) in [6.45, 7) is 3.51. The summed E-state index contributed by atoms with van der Waals surface area (Å²) in [7, 11) is 0. The Hall–Kier alpha value is -2.21. The first-order valence-electron chi connectivity index (χ1n) is 6.77. The normalized spacial score (nSPS) is 12.7. The summed E-state index contributed by atoms with van der Waals surface area (Å²) < 4.78 is 14.1. The number of carbonyl (C=O) groups is 2. The van der Waals surface area contributed by atoms with Gasteiger partial charge in [0.15, 0.2) is 0 Å². The quantitative estimate of drug-likeness (QED) is 0.828. The van der Waals surface area contributed by atoms with E-state index in [0.29, 0.717) is 15.8 Å². The van der Waals surface area contributed by atoms with Gasteiger partial charge in [-0.1, -0.05) is 12.2 Å². The number of nitrogens with one attached hydrogen (secondary N) is 1. The molecule has 1 heterocycles. The van der Waals surface area contributed by atoms with Crippen molar-refractivity contribution in [3.05, 3.63) is 46.6 Å². The van der Waals surface area contributed by atoms with Crippen molar-refractivity contribution >= 4 is 33.3 Å². The summed E-state index contributed by atoms with van der Waals surface area (Å²) in [5.41, 5.74) is 0.659. The molecular weight excluding hydrogens is 305 g/mol. The lowest BCUT2D eigenvalue weighted by Crippen LogP contribution is -2.40. The maximum Gasteiger partial charge on any atom is 0.326 e. The topological polar surface area (TPSA) is 66.4 Å². The van der Waals surface area contributed by atoms with Crippen LogP contribution >= 0.6 is 11.3 Å². The van der Waals surface area contributed by atoms with E-state index in [2.05, 4.69) is 5.32 Å². The van der Waals surface area contributed by atoms with Crippen molar-refractivity contribution in [2.45, 2.75) is 26.3 Å². The Morgan fingerprint density at radius 2 is 2.18 bits per heavy atom. The number of halogens is 1. The van der Waals surface area contributed by atoms with Gasteiger partial charge in [0.1, 0.15) is 11.9 Å². The molecule has 0 radical (unpaired) electrons. The zero-order chi connectivity index (χ0) is 16.3. The van der Waals surface area contributed by atoms with Crippen LogP contribution in [0.15, 0.2) is 30.4 Å². The van der Waals surface area contributed by atoms with Crippen molar-refractivity contribution in [1.82, 2.24) is 5.32 Å². The highest BCUT2D eigenvalue weighted by Gasteiger charge is 2.22. The van der Waals surface area contributed by atoms with Crippen LogP contribution in [0.5, 0.6) is 0 Å². The number of aliphatic carboxylic acids is 1. The van der Waals surface area contributed by atoms with E-state index in [9.17, 15) is 14.0 Å². The van der Waals surface area contributed by atoms with Crippen LogP contribution in [0.4, 0.5) is 4.39 Å². The van der Waals surface area contributed by atoms with E-state index in [1.54, 1.807) is 32.1 Å². The second-order valence-electron chi connectivity index (χ2n) is 4.87. The van der Waals surface area contributed by atoms with E-state index in [0.717, 1.165) is 4.70 Å². The van der Waals surface area contributed by atoms with Gasteiger partial charge in [-0.25, -0.2) is 9.18 Å². The molecule has 1 aromatic heterocycles. The number of thiophene rings is 1. The molecule has 0 saturated heterocycles. The lowest BCUT2D eigenvalue weighted by atomic mass is 10.1. The summed E-state index contributed by atoms with van der Waals surface area (Å²) in [4.78, 5) is 23.9. The number of amides is 1. The Labute approximate surface area is 131 Å². The van der Waals surface area contributed by atoms with Crippen LogP contribution in [0, 0.1) is 12.7 Å². The molecule has 6 heteroatoms. The van der Waals surface area contributed by atoms with Crippen molar-refractivity contribution in [2.75, 3.05) is 0 Å². The third-order valence-corrected chi connectivity index (χ3v) is 4.59. The number of hydrogen-bond acceptors (Lipinski definition) is 3. The Morgan fingerprint density at radius 1 is 1.45 bits per heavy atom. The highest BCUT2D eigenvalue weighted by molar-refractivity contribution is 7.21. The van der Waals surface area contributed by atoms with Crippen LogP contribution in [0.25, 0.3) is 10.1 Å². The molecule has 0 saturated carbocycles. The molecule has 0 spiro atoms. The van der Waals surface area contributed by atoms with Crippen LogP contribution in [0.2, 0.25) is 0 Å². The van der Waals surface area contributed by atoms with Gasteiger partial charge in [-0.2, -0.15) is 0 Å². The molecule has 2 rings (SSSR count). The molecule has 22 heavy (non-hydrogen) atoms. The number of carbonyl (C=O) groups excluding carboxylic acids is 1. The van der Waals surface area contributed by atoms with E-state index >= 15 is 0 Å². The average molecular weight is 321 g/mol. The predicted molar refractivity (Wildman–Crippen MR) is 84.8 cm³/mol. The van der Waals surface area contributed by atoms with E-state index < -0.39 is 17.9 Å². The van der Waals surface area contributed by atoms with Crippen molar-refractivity contribution in [1.29, 1.82) is 0 Å². The third-order valence-electron chi connectivity index (χ3n) is 3.32. The number of carboxylic acids is 1. The zero-order valence-corrected chi connectivity index (χ0v) is 13.0. The van der Waals surface area contributed by atoms with E-state index in [-0.39, 0.29) is 12.2 Å². The first-order valence-corrected chi connectivity index (χ1v) is 7.59. The SMILES string of the molecule is C/C=C/CC(NC(=O)c1sc2ccc(F)cc2c1C)C(=O)O. The molecule has 1 unspecified atom stereocenters. The minimum atomic E-state index is -1.09. The second-order valence-corrected chi connectivity index (χ2v) is 5.92. The van der Waals surface area contributed by atoms with Crippen molar-refractivity contribution in [2.24, 2.45) is 0 Å². The number of hydrogen-bond donors (Lipinski definition) is 2. The molecule has 2 aromatic rings. The third kappa shape index (κ3) is 3.33. The lowest BCUT2D eigenvalue weighted by molar-refractivity contribution is -0.139. The summed E-state index contributed by atoms with van der Waals surface area (Å²) in [5.74, 6) is -1.90. The van der Waals surface area contributed by atoms with Gasteiger partial charge >= 0.3 is 5.97 Å². The van der Waals surface area contributed by atoms with E-state index in [1.807, 2.05) is 0 Å². The van der Waals surface area contributed by atoms with Gasteiger partial charge in [-0.15, -0.1) is 11.3 Å². The van der Waals surface area contributed by atoms with Gasteiger partial charge in [0.05, 0.1) is 4.88 Å². The van der Waals surface area contributed by atoms with Gasteiger partial charge < -0.3 is 10.4 Å². The predicted octanol–water partition coefficient (Wildman–Crippen LogP) is 3.50. The standard InChI is InChI=1S/C16H16FNO3S/c1-3-4-5-12(16(20)21)18-15(19)14-9(2)11-8-10(17)6-7-13(11)22-14/h3-4,6-8,12H,5H2,1-2H3,(H,18,19)(H,20,21)/b4-3+. The van der Waals surface area contributed by atoms with Crippen LogP contribution in [0.3, 0.4) is 0 Å². The molecule has 4 nitrogen and oxygen atoms in total. The Bertz CT molecular complexity index is 751. The highest BCUT2D eigenvalue weighted by Crippen LogP contribution is 2.31. The summed E-state index contributed by atoms with van der Waals surface area (Å²) in [6, 6.07) is 3.36. The largest absolute Gasteiger partial charge is 0.480 e. The lowest BCUT2D eigenvalue weighted by Gasteiger charge is -2.12. The molecule has 0 aliphatic rings. The average Bonchev–Trinajstić information content (AvgIpc) is 2.80. The molecule has 1 atom stereocenters. The molecule has 0 aliphatic carbocycles. The number of aryl methyl sites for hydroxylation is 1. The summed E-state index contributed by atoms with van der Waals surface area (Å²) in [5, 5.41) is 12.3. The Morgan fingerprint density at radius 3 is 2.82 bits per heavy atom. The maximum absolute atomic E-state index is 13.3. The van der Waals surface area contributed by atoms with E-state index in [4.69, 9.17) is 5.11 Å². The minimum Gasteiger partial charge on any atom is -0.480 e. The number of rotatable bonds is 5. The number of allylic oxidation sites excluding steroid dienone is 1. The minimum absolute atomic E-state index is 0.218. The molecule has 0 aliphatic heterocycles. The maximum atomic E-state index is 13.3. The van der Waals surface area contributed by atoms with E-state index in [1.165, 1.54) is 23.5 Å². The molecule has 0 fully saturated rings. The second kappa shape index (κ2) is 6.70. The molecule has 1 amide bonds. The van der Waals surface area contributed by atoms with Crippen molar-refractivity contribution in [3.63, 3.8) is 0 Å². The van der Waals surface area contributed by atoms with Crippen molar-refractivity contribution < 1.29 is 19.1 Å². The number of fused-ring (bicyclic) bond motifs is 1. The summed E-state index contributed by atoms with van der Waals surface area (Å²) in [6.07, 6.45) is 3.64. The highest BCUT2D eigenvalue weighted by atomic mass is 32.1. The molecule has 2 N–H and O–H groups in total. The monoisotopic (exact) mass is 321 g/mol. The fourth-order valence-electron chi connectivity index (χ4n) is 2.13. The number of benzene rings is 1. The fraction of sp³-hybridized carbons (Fsp3) is 0.250. The molecule has 0 bridgehead atoms. The molecule has 1 aromatic carbocycles. The van der Waals surface area contributed by atoms with Gasteiger partial charge in [-0.05, 0) is 49.4 Å². The molecular formula is C16H16FNO3S. The first kappa shape index (κ1) is 16.2. The first-order chi connectivity index (χ1) is 10.4. The van der Waals surface area contributed by atoms with Gasteiger partial charge in [-0.3, -0.25) is 4.79 Å². The van der Waals surface area contributed by atoms with Crippen LogP contribution < -0.4 is 5.32 Å². The van der Waals surface area contributed by atoms with Gasteiger partial charge in [0.2, 0.25) is 0 Å². The molecule has 116 valence electrons. The van der Waals surface area contributed by atoms with Crippen LogP contribution in [-0.2, 0) is 4.79 Å². The van der Waals surface area contributed by atoms with Gasteiger partial charge in [0.25, 0.3) is 5.91 Å². The fourth-order valence-corrected chi connectivity index (χ4v) is 3.22. The van der Waals surface area contributed by atoms with Crippen LogP contribution in [0.1, 0.15) is 28.6 Å². The summed E-state index contributed by atoms with van der Waals surface area (Å²) >= 11 is 1.23. The Kier molecular flexibility index (Phi) is 4.92. The van der Waals surface area contributed by atoms with Gasteiger partial charge in [0, 0.05) is 4.70 Å². The van der Waals surface area contributed by atoms with Crippen molar-refractivity contribution in [3.8, 4) is 0 Å². The van der Waals surface area contributed by atoms with Crippen LogP contribution in [-0.4, -0.2) is 23.0 Å². The Balaban J connectivity index is 2.29. The number of carboxylic acid groups (broad SMARTS) is 1. The smallest absolute Gasteiger partial charge is 0.326 e.